The summed E-state index contributed by atoms with van der Waals surface area (Å²) in [5.74, 6) is -0.444. The Bertz CT molecular complexity index is 395. The quantitative estimate of drug-likeness (QED) is 0.683. The molecule has 0 radical (unpaired) electrons. The summed E-state index contributed by atoms with van der Waals surface area (Å²) in [4.78, 5) is 10.8. The maximum absolute atomic E-state index is 10.8. The molecule has 1 heterocycles. The van der Waals surface area contributed by atoms with E-state index in [1.807, 2.05) is 6.92 Å². The van der Waals surface area contributed by atoms with E-state index < -0.39 is 5.97 Å². The van der Waals surface area contributed by atoms with Gasteiger partial charge in [-0.05, 0) is 26.3 Å². The first-order valence-electron chi connectivity index (χ1n) is 6.98. The normalized spacial score (nSPS) is 12.6. The Kier molecular flexibility index (Phi) is 6.64. The van der Waals surface area contributed by atoms with E-state index in [-0.39, 0.29) is 11.9 Å². The zero-order chi connectivity index (χ0) is 14.3. The first kappa shape index (κ1) is 15.8. The average molecular weight is 268 g/mol. The summed E-state index contributed by atoms with van der Waals surface area (Å²) in [5.41, 5.74) is 0.640. The van der Waals surface area contributed by atoms with Crippen molar-refractivity contribution in [2.75, 3.05) is 0 Å². The molecule has 1 aromatic heterocycles. The number of aryl methyl sites for hydroxylation is 1. The number of aromatic carboxylic acids is 1. The van der Waals surface area contributed by atoms with Gasteiger partial charge in [-0.25, -0.2) is 4.79 Å². The van der Waals surface area contributed by atoms with Gasteiger partial charge in [-0.3, -0.25) is 0 Å². The molecular formula is C15H24O4. The molecule has 0 aromatic carbocycles. The van der Waals surface area contributed by atoms with Gasteiger partial charge >= 0.3 is 5.97 Å². The molecule has 19 heavy (non-hydrogen) atoms. The zero-order valence-electron chi connectivity index (χ0n) is 12.1. The summed E-state index contributed by atoms with van der Waals surface area (Å²) >= 11 is 0. The van der Waals surface area contributed by atoms with Crippen LogP contribution in [0.4, 0.5) is 0 Å². The van der Waals surface area contributed by atoms with Gasteiger partial charge in [-0.2, -0.15) is 0 Å². The van der Waals surface area contributed by atoms with Gasteiger partial charge in [-0.15, -0.1) is 0 Å². The summed E-state index contributed by atoms with van der Waals surface area (Å²) in [6.45, 7) is 6.30. The molecule has 0 fully saturated rings. The van der Waals surface area contributed by atoms with Crippen LogP contribution in [0.1, 0.15) is 67.8 Å². The first-order chi connectivity index (χ1) is 9.04. The number of rotatable bonds is 9. The van der Waals surface area contributed by atoms with Crippen LogP contribution in [-0.4, -0.2) is 17.2 Å². The maximum Gasteiger partial charge on any atom is 0.372 e. The molecule has 0 saturated carbocycles. The van der Waals surface area contributed by atoms with Gasteiger partial charge in [0.05, 0.1) is 6.10 Å². The number of hydrogen-bond acceptors (Lipinski definition) is 3. The number of unbranched alkanes of at least 4 members (excludes halogenated alkanes) is 3. The third-order valence-electron chi connectivity index (χ3n) is 3.14. The van der Waals surface area contributed by atoms with E-state index in [0.717, 1.165) is 6.42 Å². The third kappa shape index (κ3) is 5.47. The van der Waals surface area contributed by atoms with Gasteiger partial charge in [0.2, 0.25) is 5.76 Å². The van der Waals surface area contributed by atoms with E-state index in [1.165, 1.54) is 25.7 Å². The van der Waals surface area contributed by atoms with Crippen LogP contribution in [0, 0.1) is 6.92 Å². The highest BCUT2D eigenvalue weighted by atomic mass is 16.5. The predicted molar refractivity (Wildman–Crippen MR) is 73.4 cm³/mol. The lowest BCUT2D eigenvalue weighted by atomic mass is 10.1. The second-order valence-electron chi connectivity index (χ2n) is 5.00. The number of ether oxygens (including phenoxy) is 1. The second-order valence-corrected chi connectivity index (χ2v) is 5.00. The van der Waals surface area contributed by atoms with Crippen LogP contribution in [0.3, 0.4) is 0 Å². The molecule has 4 nitrogen and oxygen atoms in total. The zero-order valence-corrected chi connectivity index (χ0v) is 12.1. The minimum Gasteiger partial charge on any atom is -0.475 e. The van der Waals surface area contributed by atoms with E-state index in [4.69, 9.17) is 14.3 Å². The van der Waals surface area contributed by atoms with E-state index in [0.29, 0.717) is 17.9 Å². The van der Waals surface area contributed by atoms with Crippen LogP contribution in [0.25, 0.3) is 0 Å². The van der Waals surface area contributed by atoms with Crippen molar-refractivity contribution in [1.29, 1.82) is 0 Å². The Labute approximate surface area is 114 Å². The van der Waals surface area contributed by atoms with E-state index >= 15 is 0 Å². The predicted octanol–water partition coefficient (Wildman–Crippen LogP) is 4.16. The highest BCUT2D eigenvalue weighted by molar-refractivity contribution is 5.86. The summed E-state index contributed by atoms with van der Waals surface area (Å²) in [7, 11) is 0. The van der Waals surface area contributed by atoms with Crippen LogP contribution >= 0.6 is 0 Å². The summed E-state index contributed by atoms with van der Waals surface area (Å²) in [6, 6.07) is 1.73. The summed E-state index contributed by atoms with van der Waals surface area (Å²) < 4.78 is 10.9. The number of carboxylic acid groups (broad SMARTS) is 1. The van der Waals surface area contributed by atoms with Gasteiger partial charge in [0.15, 0.2) is 0 Å². The molecule has 0 amide bonds. The fourth-order valence-electron chi connectivity index (χ4n) is 2.00. The van der Waals surface area contributed by atoms with Gasteiger partial charge in [0.1, 0.15) is 12.4 Å². The molecule has 1 atom stereocenters. The fourth-order valence-corrected chi connectivity index (χ4v) is 2.00. The molecule has 0 aliphatic heterocycles. The van der Waals surface area contributed by atoms with Gasteiger partial charge in [0, 0.05) is 5.56 Å². The molecule has 4 heteroatoms. The molecule has 1 rings (SSSR count). The Morgan fingerprint density at radius 3 is 2.74 bits per heavy atom. The summed E-state index contributed by atoms with van der Waals surface area (Å²) in [5, 5.41) is 8.89. The topological polar surface area (TPSA) is 59.7 Å². The minimum atomic E-state index is -1.03. The molecule has 0 aliphatic rings. The van der Waals surface area contributed by atoms with E-state index in [2.05, 4.69) is 6.92 Å². The van der Waals surface area contributed by atoms with Crippen molar-refractivity contribution >= 4 is 5.97 Å². The molecule has 1 unspecified atom stereocenters. The van der Waals surface area contributed by atoms with E-state index in [9.17, 15) is 4.79 Å². The Morgan fingerprint density at radius 1 is 1.42 bits per heavy atom. The smallest absolute Gasteiger partial charge is 0.372 e. The molecule has 0 spiro atoms. The maximum atomic E-state index is 10.8. The highest BCUT2D eigenvalue weighted by Gasteiger charge is 2.14. The Hall–Kier alpha value is -1.29. The molecule has 0 saturated heterocycles. The van der Waals surface area contributed by atoms with Gasteiger partial charge in [0.25, 0.3) is 0 Å². The third-order valence-corrected chi connectivity index (χ3v) is 3.14. The van der Waals surface area contributed by atoms with Crippen molar-refractivity contribution in [3.63, 3.8) is 0 Å². The van der Waals surface area contributed by atoms with E-state index in [1.54, 1.807) is 13.0 Å². The monoisotopic (exact) mass is 268 g/mol. The number of carbonyl (C=O) groups is 1. The van der Waals surface area contributed by atoms with Gasteiger partial charge in [-0.1, -0.05) is 32.6 Å². The van der Waals surface area contributed by atoms with Crippen LogP contribution in [-0.2, 0) is 11.3 Å². The van der Waals surface area contributed by atoms with Crippen LogP contribution in [0.5, 0.6) is 0 Å². The van der Waals surface area contributed by atoms with Crippen molar-refractivity contribution in [3.05, 3.63) is 23.2 Å². The lowest BCUT2D eigenvalue weighted by Gasteiger charge is -2.11. The lowest BCUT2D eigenvalue weighted by molar-refractivity contribution is 0.0347. The largest absolute Gasteiger partial charge is 0.475 e. The number of carboxylic acids is 1. The molecule has 108 valence electrons. The molecule has 0 bridgehead atoms. The fraction of sp³-hybridized carbons (Fsp3) is 0.667. The SMILES string of the molecule is CCCCCCC(C)OCc1cc(C)c(C(=O)O)o1. The second kappa shape index (κ2) is 8.00. The first-order valence-corrected chi connectivity index (χ1v) is 6.98. The molecule has 1 N–H and O–H groups in total. The van der Waals surface area contributed by atoms with Crippen molar-refractivity contribution in [2.24, 2.45) is 0 Å². The molecule has 0 aliphatic carbocycles. The highest BCUT2D eigenvalue weighted by Crippen LogP contribution is 2.17. The lowest BCUT2D eigenvalue weighted by Crippen LogP contribution is -2.07. The van der Waals surface area contributed by atoms with Crippen molar-refractivity contribution in [2.45, 2.75) is 65.6 Å². The molecule has 1 aromatic rings. The number of furan rings is 1. The Morgan fingerprint density at radius 2 is 2.16 bits per heavy atom. The van der Waals surface area contributed by atoms with Crippen molar-refractivity contribution < 1.29 is 19.1 Å². The average Bonchev–Trinajstić information content (AvgIpc) is 2.74. The van der Waals surface area contributed by atoms with Crippen molar-refractivity contribution in [1.82, 2.24) is 0 Å². The molecular weight excluding hydrogens is 244 g/mol. The van der Waals surface area contributed by atoms with Crippen LogP contribution in [0.2, 0.25) is 0 Å². The van der Waals surface area contributed by atoms with Crippen LogP contribution in [0.15, 0.2) is 10.5 Å². The van der Waals surface area contributed by atoms with Gasteiger partial charge < -0.3 is 14.3 Å². The minimum absolute atomic E-state index is 0.00852. The standard InChI is InChI=1S/C15H24O4/c1-4-5-6-7-8-12(3)18-10-13-9-11(2)14(19-13)15(16)17/h9,12H,4-8,10H2,1-3H3,(H,16,17). The Balaban J connectivity index is 2.32. The summed E-state index contributed by atoms with van der Waals surface area (Å²) in [6.07, 6.45) is 6.13. The number of hydrogen-bond donors (Lipinski definition) is 1. The van der Waals surface area contributed by atoms with Crippen LogP contribution < -0.4 is 0 Å². The van der Waals surface area contributed by atoms with Crippen molar-refractivity contribution in [3.8, 4) is 0 Å².